The fourth-order valence-corrected chi connectivity index (χ4v) is 5.15. The standard InChI is InChI=1S/C27H19Cl2NO8S/c1-34-17-5-3-15(4-6-17)26(32)38-24-19(29)7-14(8-22(24)35-2)9-23-25(31)30(27(33)39-23)12-16-10-20-21(11-18(16)28)37-13-36-20/h3-11H,12-13H2,1-2H3/b23-9-. The zero-order chi connectivity index (χ0) is 27.7. The third-order valence-electron chi connectivity index (χ3n) is 5.81. The van der Waals surface area contributed by atoms with Crippen molar-refractivity contribution in [1.82, 2.24) is 4.90 Å². The van der Waals surface area contributed by atoms with Gasteiger partial charge in [-0.05, 0) is 71.4 Å². The average molecular weight is 588 g/mol. The van der Waals surface area contributed by atoms with Gasteiger partial charge in [-0.3, -0.25) is 14.5 Å². The fourth-order valence-electron chi connectivity index (χ4n) is 3.84. The summed E-state index contributed by atoms with van der Waals surface area (Å²) in [6.45, 7) is 0.0345. The Bertz CT molecular complexity index is 1520. The van der Waals surface area contributed by atoms with Gasteiger partial charge in [-0.15, -0.1) is 0 Å². The molecule has 0 unspecified atom stereocenters. The molecule has 5 rings (SSSR count). The van der Waals surface area contributed by atoms with Gasteiger partial charge in [0.2, 0.25) is 6.79 Å². The third kappa shape index (κ3) is 5.49. The number of hydrogen-bond acceptors (Lipinski definition) is 9. The lowest BCUT2D eigenvalue weighted by atomic mass is 10.1. The molecule has 12 heteroatoms. The summed E-state index contributed by atoms with van der Waals surface area (Å²) in [4.78, 5) is 39.7. The van der Waals surface area contributed by atoms with Gasteiger partial charge in [-0.2, -0.15) is 0 Å². The molecule has 1 fully saturated rings. The molecule has 2 aliphatic rings. The second-order valence-corrected chi connectivity index (χ2v) is 10.0. The molecule has 3 aromatic carbocycles. The minimum atomic E-state index is -0.645. The van der Waals surface area contributed by atoms with Crippen molar-refractivity contribution in [3.8, 4) is 28.7 Å². The van der Waals surface area contributed by atoms with Gasteiger partial charge in [-0.1, -0.05) is 23.2 Å². The van der Waals surface area contributed by atoms with Crippen molar-refractivity contribution in [2.24, 2.45) is 0 Å². The lowest BCUT2D eigenvalue weighted by molar-refractivity contribution is -0.123. The van der Waals surface area contributed by atoms with Gasteiger partial charge in [0, 0.05) is 11.1 Å². The lowest BCUT2D eigenvalue weighted by Gasteiger charge is -2.14. The van der Waals surface area contributed by atoms with Crippen LogP contribution in [0.4, 0.5) is 4.79 Å². The number of hydrogen-bond donors (Lipinski definition) is 0. The molecule has 39 heavy (non-hydrogen) atoms. The van der Waals surface area contributed by atoms with E-state index in [2.05, 4.69) is 0 Å². The second kappa shape index (κ2) is 11.1. The highest BCUT2D eigenvalue weighted by Gasteiger charge is 2.36. The smallest absolute Gasteiger partial charge is 0.343 e. The van der Waals surface area contributed by atoms with Crippen LogP contribution in [0.2, 0.25) is 10.0 Å². The molecule has 1 saturated heterocycles. The topological polar surface area (TPSA) is 101 Å². The number of imide groups is 1. The Balaban J connectivity index is 1.35. The normalized spacial score (nSPS) is 15.2. The van der Waals surface area contributed by atoms with Crippen LogP contribution in [0.5, 0.6) is 28.7 Å². The van der Waals surface area contributed by atoms with Crippen molar-refractivity contribution in [1.29, 1.82) is 0 Å². The molecular weight excluding hydrogens is 569 g/mol. The number of amides is 2. The van der Waals surface area contributed by atoms with Gasteiger partial charge in [0.05, 0.1) is 36.3 Å². The van der Waals surface area contributed by atoms with E-state index in [9.17, 15) is 14.4 Å². The van der Waals surface area contributed by atoms with Crippen LogP contribution in [0, 0.1) is 0 Å². The lowest BCUT2D eigenvalue weighted by Crippen LogP contribution is -2.27. The van der Waals surface area contributed by atoms with Gasteiger partial charge < -0.3 is 23.7 Å². The van der Waals surface area contributed by atoms with Gasteiger partial charge in [0.1, 0.15) is 5.75 Å². The van der Waals surface area contributed by atoms with E-state index in [-0.39, 0.29) is 40.3 Å². The number of esters is 1. The van der Waals surface area contributed by atoms with E-state index in [0.29, 0.717) is 33.4 Å². The molecule has 9 nitrogen and oxygen atoms in total. The first kappa shape index (κ1) is 26.7. The van der Waals surface area contributed by atoms with Gasteiger partial charge in [0.25, 0.3) is 11.1 Å². The number of benzene rings is 3. The summed E-state index contributed by atoms with van der Waals surface area (Å²) in [6.07, 6.45) is 1.51. The molecule has 200 valence electrons. The average Bonchev–Trinajstić information content (AvgIpc) is 3.48. The van der Waals surface area contributed by atoms with Gasteiger partial charge in [-0.25, -0.2) is 4.79 Å². The molecule has 0 atom stereocenters. The molecule has 0 radical (unpaired) electrons. The monoisotopic (exact) mass is 587 g/mol. The first-order chi connectivity index (χ1) is 18.8. The highest BCUT2D eigenvalue weighted by molar-refractivity contribution is 8.18. The number of halogens is 2. The van der Waals surface area contributed by atoms with E-state index in [0.717, 1.165) is 16.7 Å². The summed E-state index contributed by atoms with van der Waals surface area (Å²) < 4.78 is 26.6. The van der Waals surface area contributed by atoms with E-state index in [4.69, 9.17) is 46.9 Å². The van der Waals surface area contributed by atoms with Crippen molar-refractivity contribution in [2.75, 3.05) is 21.0 Å². The zero-order valence-electron chi connectivity index (χ0n) is 20.5. The number of methoxy groups -OCH3 is 2. The van der Waals surface area contributed by atoms with Crippen LogP contribution >= 0.6 is 35.0 Å². The van der Waals surface area contributed by atoms with E-state index in [1.54, 1.807) is 42.5 Å². The summed E-state index contributed by atoms with van der Waals surface area (Å²) in [5.74, 6) is 0.630. The molecule has 0 spiro atoms. The highest BCUT2D eigenvalue weighted by atomic mass is 35.5. The number of thioether (sulfide) groups is 1. The van der Waals surface area contributed by atoms with Crippen molar-refractivity contribution in [3.05, 3.63) is 80.2 Å². The van der Waals surface area contributed by atoms with Crippen LogP contribution in [0.25, 0.3) is 6.08 Å². The number of rotatable bonds is 7. The van der Waals surface area contributed by atoms with Crippen LogP contribution < -0.4 is 23.7 Å². The molecule has 0 saturated carbocycles. The van der Waals surface area contributed by atoms with E-state index in [1.165, 1.54) is 26.4 Å². The fraction of sp³-hybridized carbons (Fsp3) is 0.148. The van der Waals surface area contributed by atoms with Crippen LogP contribution in [-0.4, -0.2) is 43.0 Å². The molecule has 2 heterocycles. The summed E-state index contributed by atoms with van der Waals surface area (Å²) in [5, 5.41) is -0.0320. The van der Waals surface area contributed by atoms with E-state index < -0.39 is 17.1 Å². The summed E-state index contributed by atoms with van der Waals surface area (Å²) >= 11 is 13.5. The molecule has 0 N–H and O–H groups in total. The Hall–Kier alpha value is -3.86. The highest BCUT2D eigenvalue weighted by Crippen LogP contribution is 2.41. The predicted molar refractivity (Wildman–Crippen MR) is 145 cm³/mol. The van der Waals surface area contributed by atoms with Gasteiger partial charge in [0.15, 0.2) is 23.0 Å². The van der Waals surface area contributed by atoms with Crippen molar-refractivity contribution < 1.29 is 38.1 Å². The molecule has 3 aromatic rings. The molecule has 0 bridgehead atoms. The number of carbonyl (C=O) groups excluding carboxylic acids is 3. The van der Waals surface area contributed by atoms with Crippen LogP contribution in [0.3, 0.4) is 0 Å². The maximum atomic E-state index is 13.1. The maximum absolute atomic E-state index is 13.1. The van der Waals surface area contributed by atoms with E-state index >= 15 is 0 Å². The quantitative estimate of drug-likeness (QED) is 0.182. The third-order valence-corrected chi connectivity index (χ3v) is 7.35. The molecule has 0 aromatic heterocycles. The van der Waals surface area contributed by atoms with Crippen LogP contribution in [0.15, 0.2) is 53.4 Å². The van der Waals surface area contributed by atoms with Crippen molar-refractivity contribution >= 4 is 58.2 Å². The minimum Gasteiger partial charge on any atom is -0.497 e. The van der Waals surface area contributed by atoms with Crippen LogP contribution in [-0.2, 0) is 11.3 Å². The summed E-state index contributed by atoms with van der Waals surface area (Å²) in [6, 6.07) is 12.7. The second-order valence-electron chi connectivity index (χ2n) is 8.22. The predicted octanol–water partition coefficient (Wildman–Crippen LogP) is 6.20. The minimum absolute atomic E-state index is 0.0164. The van der Waals surface area contributed by atoms with E-state index in [1.807, 2.05) is 0 Å². The molecule has 2 aliphatic heterocycles. The number of ether oxygens (including phenoxy) is 5. The SMILES string of the molecule is COc1ccc(C(=O)Oc2c(Cl)cc(/C=C3\SC(=O)N(Cc4cc5c(cc4Cl)OCO5)C3=O)cc2OC)cc1. The Morgan fingerprint density at radius 3 is 2.41 bits per heavy atom. The first-order valence-corrected chi connectivity index (χ1v) is 12.9. The summed E-state index contributed by atoms with van der Waals surface area (Å²) in [5.41, 5.74) is 1.29. The van der Waals surface area contributed by atoms with Crippen LogP contribution in [0.1, 0.15) is 21.5 Å². The Kier molecular flexibility index (Phi) is 7.60. The number of nitrogens with zero attached hydrogens (tertiary/aromatic N) is 1. The Labute approximate surface area is 237 Å². The van der Waals surface area contributed by atoms with Crippen molar-refractivity contribution in [3.63, 3.8) is 0 Å². The first-order valence-electron chi connectivity index (χ1n) is 11.3. The number of fused-ring (bicyclic) bond motifs is 1. The Morgan fingerprint density at radius 2 is 1.72 bits per heavy atom. The molecule has 2 amide bonds. The van der Waals surface area contributed by atoms with Crippen molar-refractivity contribution in [2.45, 2.75) is 6.54 Å². The largest absolute Gasteiger partial charge is 0.497 e. The Morgan fingerprint density at radius 1 is 1.00 bits per heavy atom. The molecular formula is C27H19Cl2NO8S. The number of carbonyl (C=O) groups is 3. The maximum Gasteiger partial charge on any atom is 0.343 e. The summed E-state index contributed by atoms with van der Waals surface area (Å²) in [7, 11) is 2.91. The molecule has 0 aliphatic carbocycles. The van der Waals surface area contributed by atoms with Gasteiger partial charge >= 0.3 is 5.97 Å². The zero-order valence-corrected chi connectivity index (χ0v) is 22.8.